The van der Waals surface area contributed by atoms with E-state index in [4.69, 9.17) is 15.9 Å². The highest BCUT2D eigenvalue weighted by molar-refractivity contribution is 7.99. The van der Waals surface area contributed by atoms with Crippen LogP contribution in [-0.4, -0.2) is 4.98 Å². The third-order valence-electron chi connectivity index (χ3n) is 1.67. The lowest BCUT2D eigenvalue weighted by Gasteiger charge is -2.01. The molecule has 1 aromatic carbocycles. The summed E-state index contributed by atoms with van der Waals surface area (Å²) in [5, 5.41) is 0.592. The van der Waals surface area contributed by atoms with E-state index in [9.17, 15) is 0 Å². The van der Waals surface area contributed by atoms with Crippen LogP contribution >= 0.6 is 11.8 Å². The van der Waals surface area contributed by atoms with Gasteiger partial charge in [0.05, 0.1) is 17.6 Å². The van der Waals surface area contributed by atoms with Gasteiger partial charge in [0.1, 0.15) is 6.26 Å². The average Bonchev–Trinajstić information content (AvgIpc) is 2.64. The van der Waals surface area contributed by atoms with Crippen molar-refractivity contribution in [1.29, 1.82) is 0 Å². The predicted molar refractivity (Wildman–Crippen MR) is 55.9 cm³/mol. The number of rotatable bonds is 2. The van der Waals surface area contributed by atoms with E-state index in [1.54, 1.807) is 18.3 Å². The van der Waals surface area contributed by atoms with Gasteiger partial charge in [0.2, 0.25) is 0 Å². The molecule has 0 radical (unpaired) electrons. The smallest absolute Gasteiger partial charge is 0.260 e. The highest BCUT2D eigenvalue weighted by Crippen LogP contribution is 2.29. The van der Waals surface area contributed by atoms with E-state index in [1.165, 1.54) is 18.0 Å². The summed E-state index contributed by atoms with van der Waals surface area (Å²) in [6.07, 6.45) is 3.13. The molecule has 0 aliphatic carbocycles. The Morgan fingerprint density at radius 1 is 1.21 bits per heavy atom. The van der Waals surface area contributed by atoms with E-state index >= 15 is 0 Å². The van der Waals surface area contributed by atoms with Gasteiger partial charge in [0, 0.05) is 4.90 Å². The molecule has 0 aliphatic heterocycles. The number of nitrogens with two attached hydrogens (primary N) is 2. The van der Waals surface area contributed by atoms with Crippen LogP contribution in [-0.2, 0) is 0 Å². The fourth-order valence-corrected chi connectivity index (χ4v) is 1.72. The molecule has 0 saturated carbocycles. The lowest BCUT2D eigenvalue weighted by molar-refractivity contribution is 0.454. The molecular formula is C9H9N3OS. The van der Waals surface area contributed by atoms with Gasteiger partial charge in [0.25, 0.3) is 5.22 Å². The van der Waals surface area contributed by atoms with E-state index in [2.05, 4.69) is 4.98 Å². The van der Waals surface area contributed by atoms with Crippen LogP contribution in [0.4, 0.5) is 11.4 Å². The largest absolute Gasteiger partial charge is 0.440 e. The number of nitrogens with zero attached hydrogens (tertiary/aromatic N) is 1. The zero-order valence-corrected chi connectivity index (χ0v) is 8.12. The molecule has 1 aromatic heterocycles. The Morgan fingerprint density at radius 3 is 2.71 bits per heavy atom. The van der Waals surface area contributed by atoms with Crippen molar-refractivity contribution in [2.45, 2.75) is 10.1 Å². The molecule has 14 heavy (non-hydrogen) atoms. The van der Waals surface area contributed by atoms with Crippen LogP contribution in [0.15, 0.2) is 45.2 Å². The highest BCUT2D eigenvalue weighted by Gasteiger charge is 2.02. The van der Waals surface area contributed by atoms with Crippen LogP contribution in [0.2, 0.25) is 0 Å². The van der Waals surface area contributed by atoms with Crippen molar-refractivity contribution >= 4 is 23.1 Å². The van der Waals surface area contributed by atoms with Gasteiger partial charge in [-0.15, -0.1) is 0 Å². The predicted octanol–water partition coefficient (Wildman–Crippen LogP) is 1.99. The normalized spacial score (nSPS) is 10.3. The monoisotopic (exact) mass is 207 g/mol. The fraction of sp³-hybridized carbons (Fsp3) is 0. The Bertz CT molecular complexity index is 428. The zero-order valence-electron chi connectivity index (χ0n) is 7.31. The number of oxazole rings is 1. The Kier molecular flexibility index (Phi) is 2.32. The molecule has 0 spiro atoms. The van der Waals surface area contributed by atoms with Crippen LogP contribution in [0.1, 0.15) is 0 Å². The fourth-order valence-electron chi connectivity index (χ4n) is 0.978. The number of hydrogen-bond donors (Lipinski definition) is 2. The summed E-state index contributed by atoms with van der Waals surface area (Å²) in [5.74, 6) is 0. The molecule has 5 heteroatoms. The Hall–Kier alpha value is -1.62. The maximum Gasteiger partial charge on any atom is 0.260 e. The van der Waals surface area contributed by atoms with Gasteiger partial charge in [-0.2, -0.15) is 0 Å². The number of anilines is 2. The Balaban J connectivity index is 2.22. The quantitative estimate of drug-likeness (QED) is 0.736. The third-order valence-corrected chi connectivity index (χ3v) is 2.54. The van der Waals surface area contributed by atoms with Gasteiger partial charge in [-0.25, -0.2) is 4.98 Å². The van der Waals surface area contributed by atoms with E-state index in [1.807, 2.05) is 6.07 Å². The Morgan fingerprint density at radius 2 is 2.07 bits per heavy atom. The number of aromatic nitrogens is 1. The van der Waals surface area contributed by atoms with Crippen LogP contribution in [0, 0.1) is 0 Å². The summed E-state index contributed by atoms with van der Waals surface area (Å²) < 4.78 is 5.09. The standard InChI is InChI=1S/C9H9N3OS/c10-7-2-1-6(5-8(7)11)14-9-12-3-4-13-9/h1-5H,10-11H2. The molecule has 0 fully saturated rings. The first kappa shape index (κ1) is 8.96. The number of hydrogen-bond acceptors (Lipinski definition) is 5. The molecular weight excluding hydrogens is 198 g/mol. The topological polar surface area (TPSA) is 78.1 Å². The van der Waals surface area contributed by atoms with E-state index in [0.29, 0.717) is 16.6 Å². The summed E-state index contributed by atoms with van der Waals surface area (Å²) >= 11 is 1.40. The Labute approximate surface area is 85.3 Å². The summed E-state index contributed by atoms with van der Waals surface area (Å²) in [5.41, 5.74) is 12.4. The van der Waals surface area contributed by atoms with Crippen molar-refractivity contribution in [3.8, 4) is 0 Å². The summed E-state index contributed by atoms with van der Waals surface area (Å²) in [4.78, 5) is 4.95. The van der Waals surface area contributed by atoms with Crippen LogP contribution in [0.5, 0.6) is 0 Å². The molecule has 0 amide bonds. The molecule has 2 rings (SSSR count). The average molecular weight is 207 g/mol. The lowest BCUT2D eigenvalue weighted by Crippen LogP contribution is -1.93. The first-order chi connectivity index (χ1) is 6.75. The third kappa shape index (κ3) is 1.82. The van der Waals surface area contributed by atoms with Gasteiger partial charge in [-0.3, -0.25) is 0 Å². The van der Waals surface area contributed by atoms with Gasteiger partial charge in [-0.1, -0.05) is 0 Å². The van der Waals surface area contributed by atoms with Crippen LogP contribution in [0.25, 0.3) is 0 Å². The first-order valence-electron chi connectivity index (χ1n) is 3.98. The van der Waals surface area contributed by atoms with Gasteiger partial charge in [-0.05, 0) is 30.0 Å². The van der Waals surface area contributed by atoms with E-state index in [-0.39, 0.29) is 0 Å². The second-order valence-corrected chi connectivity index (χ2v) is 3.72. The van der Waals surface area contributed by atoms with Gasteiger partial charge >= 0.3 is 0 Å². The van der Waals surface area contributed by atoms with Crippen LogP contribution < -0.4 is 11.5 Å². The second kappa shape index (κ2) is 3.63. The number of nitrogen functional groups attached to an aromatic ring is 2. The summed E-state index contributed by atoms with van der Waals surface area (Å²) in [6.45, 7) is 0. The molecule has 1 heterocycles. The van der Waals surface area contributed by atoms with Crippen molar-refractivity contribution in [1.82, 2.24) is 4.98 Å². The van der Waals surface area contributed by atoms with Crippen molar-refractivity contribution < 1.29 is 4.42 Å². The van der Waals surface area contributed by atoms with Gasteiger partial charge < -0.3 is 15.9 Å². The molecule has 0 saturated heterocycles. The lowest BCUT2D eigenvalue weighted by atomic mass is 10.3. The highest BCUT2D eigenvalue weighted by atomic mass is 32.2. The van der Waals surface area contributed by atoms with E-state index < -0.39 is 0 Å². The minimum atomic E-state index is 0.571. The van der Waals surface area contributed by atoms with Crippen molar-refractivity contribution in [2.24, 2.45) is 0 Å². The van der Waals surface area contributed by atoms with Crippen LogP contribution in [0.3, 0.4) is 0 Å². The molecule has 72 valence electrons. The zero-order chi connectivity index (χ0) is 9.97. The van der Waals surface area contributed by atoms with E-state index in [0.717, 1.165) is 4.90 Å². The molecule has 0 unspecified atom stereocenters. The minimum absolute atomic E-state index is 0.571. The van der Waals surface area contributed by atoms with Crippen molar-refractivity contribution in [3.05, 3.63) is 30.7 Å². The summed E-state index contributed by atoms with van der Waals surface area (Å²) in [7, 11) is 0. The maximum atomic E-state index is 5.66. The van der Waals surface area contributed by atoms with Crippen molar-refractivity contribution in [2.75, 3.05) is 11.5 Å². The molecule has 0 aliphatic rings. The first-order valence-corrected chi connectivity index (χ1v) is 4.80. The van der Waals surface area contributed by atoms with Gasteiger partial charge in [0.15, 0.2) is 0 Å². The second-order valence-electron chi connectivity index (χ2n) is 2.69. The molecule has 2 aromatic rings. The molecule has 4 nitrogen and oxygen atoms in total. The minimum Gasteiger partial charge on any atom is -0.440 e. The maximum absolute atomic E-state index is 5.66. The SMILES string of the molecule is Nc1ccc(Sc2ncco2)cc1N. The molecule has 4 N–H and O–H groups in total. The number of benzene rings is 1. The van der Waals surface area contributed by atoms with Crippen molar-refractivity contribution in [3.63, 3.8) is 0 Å². The molecule has 0 bridgehead atoms. The summed E-state index contributed by atoms with van der Waals surface area (Å²) in [6, 6.07) is 5.44. The molecule has 0 atom stereocenters.